The van der Waals surface area contributed by atoms with Crippen LogP contribution in [0.3, 0.4) is 0 Å². The number of benzene rings is 3. The number of nitrogens with zero attached hydrogens (tertiary/aromatic N) is 3. The first-order chi connectivity index (χ1) is 21.5. The molecule has 256 valence electrons. The van der Waals surface area contributed by atoms with Gasteiger partial charge < -0.3 is 0 Å². The predicted molar refractivity (Wildman–Crippen MR) is 211 cm³/mol. The summed E-state index contributed by atoms with van der Waals surface area (Å²) < 4.78 is 9.89. The second kappa shape index (κ2) is 15.2. The van der Waals surface area contributed by atoms with Crippen LogP contribution < -0.4 is 14.5 Å². The van der Waals surface area contributed by atoms with E-state index in [-0.39, 0.29) is 16.7 Å². The molecule has 0 bridgehead atoms. The zero-order chi connectivity index (χ0) is 34.1. The second-order valence-electron chi connectivity index (χ2n) is 13.4. The minimum atomic E-state index is -3.04. The molecule has 0 aliphatic carbocycles. The summed E-state index contributed by atoms with van der Waals surface area (Å²) in [6.45, 7) is 21.0. The van der Waals surface area contributed by atoms with E-state index in [2.05, 4.69) is 146 Å². The van der Waals surface area contributed by atoms with E-state index in [1.165, 1.54) is 38.0 Å². The topological polar surface area (TPSA) is 58.9 Å². The van der Waals surface area contributed by atoms with Crippen molar-refractivity contribution in [1.82, 2.24) is 0 Å². The Labute approximate surface area is 299 Å². The van der Waals surface area contributed by atoms with Crippen molar-refractivity contribution >= 4 is 65.5 Å². The molecule has 1 heterocycles. The molecule has 3 aromatic rings. The average molecular weight is 939 g/mol. The van der Waals surface area contributed by atoms with Crippen LogP contribution in [0.25, 0.3) is 0 Å². The number of hydrogen-bond acceptors (Lipinski definition) is 5. The molecular weight excluding hydrogens is 889 g/mol. The Kier molecular flexibility index (Phi) is 12.3. The van der Waals surface area contributed by atoms with Gasteiger partial charge in [-0.25, -0.2) is 0 Å². The van der Waals surface area contributed by atoms with Crippen LogP contribution in [-0.4, -0.2) is 33.1 Å². The summed E-state index contributed by atoms with van der Waals surface area (Å²) in [6.07, 6.45) is -0.0537. The van der Waals surface area contributed by atoms with Crippen LogP contribution in [0.5, 0.6) is 5.75 Å². The number of para-hydroxylation sites is 2. The summed E-state index contributed by atoms with van der Waals surface area (Å²) in [5.74, 6) is 2.11. The molecule has 0 radical (unpaired) electrons. The van der Waals surface area contributed by atoms with Gasteiger partial charge in [-0.15, -0.1) is 0 Å². The first-order valence-corrected chi connectivity index (χ1v) is 28.4. The van der Waals surface area contributed by atoms with Gasteiger partial charge in [-0.05, 0) is 0 Å². The minimum absolute atomic E-state index is 0.0537. The van der Waals surface area contributed by atoms with Crippen molar-refractivity contribution in [1.29, 1.82) is 0 Å². The van der Waals surface area contributed by atoms with E-state index in [1.54, 1.807) is 18.2 Å². The number of anilines is 2. The van der Waals surface area contributed by atoms with Gasteiger partial charge in [0.05, 0.1) is 0 Å². The molecule has 3 aromatic carbocycles. The first-order valence-electron chi connectivity index (χ1n) is 16.1. The number of rotatable bonds is 10. The summed E-state index contributed by atoms with van der Waals surface area (Å²) in [5, 5.41) is 11.9. The van der Waals surface area contributed by atoms with E-state index in [0.717, 1.165) is 18.7 Å². The second-order valence-corrected chi connectivity index (χ2v) is 39.8. The molecule has 4 rings (SSSR count). The normalized spacial score (nSPS) is 14.4. The van der Waals surface area contributed by atoms with Crippen LogP contribution in [0.2, 0.25) is 0 Å². The summed E-state index contributed by atoms with van der Waals surface area (Å²) in [7, 11) is 0. The Morgan fingerprint density at radius 2 is 1.15 bits per heavy atom. The van der Waals surface area contributed by atoms with E-state index < -0.39 is 6.84 Å². The number of non-ortho nitro benzene ring substituents is 1. The SMILES string of the molecule is CC(C)Oc1ccc([N+](=O)[O-])cc1[CH]=[Ru-4]([I])([I])=[C]1N(c2c(C(C)C)cccc2C(C)C)CCN1c1c(C(C)C)cccc1C(C)C. The molecule has 46 heavy (non-hydrogen) atoms. The van der Waals surface area contributed by atoms with E-state index in [4.69, 9.17) is 4.74 Å². The number of nitro groups is 1. The van der Waals surface area contributed by atoms with E-state index in [1.807, 2.05) is 13.8 Å². The zero-order valence-corrected chi connectivity index (χ0v) is 34.8. The quantitative estimate of drug-likeness (QED) is 0.0877. The molecule has 0 spiro atoms. The standard InChI is InChI=1S/C27H38N2.C10H11NO3.2HI.Ru/c1-18(2)22-11-9-12-23(19(3)4)26(22)28-15-16-29(17-28)27-24(20(5)6)13-10-14-25(27)21(7)8;1-7(2)14-10-5-4-9(11(12)13)6-8(10)3;;;/h9-14,18-21H,15-16H2,1-8H3;3-7H,1-2H3;2*1H;/q;;;;-2/p-2. The Morgan fingerprint density at radius 1 is 0.739 bits per heavy atom. The number of halogens is 2. The third-order valence-corrected chi connectivity index (χ3v) is 18.0. The Hall–Kier alpha value is -1.72. The van der Waals surface area contributed by atoms with Gasteiger partial charge in [-0.2, -0.15) is 0 Å². The van der Waals surface area contributed by atoms with E-state index >= 15 is 0 Å². The Morgan fingerprint density at radius 3 is 1.50 bits per heavy atom. The molecule has 0 atom stereocenters. The summed E-state index contributed by atoms with van der Waals surface area (Å²) in [5.41, 5.74) is 8.94. The molecule has 9 heteroatoms. The monoisotopic (exact) mass is 939 g/mol. The number of hydrogen-bond donors (Lipinski definition) is 0. The van der Waals surface area contributed by atoms with Gasteiger partial charge in [0.25, 0.3) is 0 Å². The molecule has 6 nitrogen and oxygen atoms in total. The summed E-state index contributed by atoms with van der Waals surface area (Å²) >= 11 is 5.43. The molecule has 0 aromatic heterocycles. The van der Waals surface area contributed by atoms with E-state index in [0.29, 0.717) is 29.4 Å². The van der Waals surface area contributed by atoms with Gasteiger partial charge in [0, 0.05) is 0 Å². The van der Waals surface area contributed by atoms with Crippen molar-refractivity contribution in [2.24, 2.45) is 0 Å². The molecule has 0 N–H and O–H groups in total. The van der Waals surface area contributed by atoms with Gasteiger partial charge in [0.15, 0.2) is 0 Å². The average Bonchev–Trinajstić information content (AvgIpc) is 3.42. The zero-order valence-electron chi connectivity index (χ0n) is 28.8. The van der Waals surface area contributed by atoms with Crippen molar-refractivity contribution in [3.8, 4) is 5.75 Å². The van der Waals surface area contributed by atoms with Gasteiger partial charge in [0.1, 0.15) is 0 Å². The maximum atomic E-state index is 11.9. The van der Waals surface area contributed by atoms with Gasteiger partial charge in [0.2, 0.25) is 0 Å². The fraction of sp³-hybridized carbons (Fsp3) is 0.459. The van der Waals surface area contributed by atoms with Gasteiger partial charge in [-0.1, -0.05) is 0 Å². The van der Waals surface area contributed by atoms with Crippen molar-refractivity contribution in [2.45, 2.75) is 99.0 Å². The third-order valence-electron chi connectivity index (χ3n) is 8.22. The Balaban J connectivity index is 2.19. The summed E-state index contributed by atoms with van der Waals surface area (Å²) in [4.78, 5) is 16.9. The van der Waals surface area contributed by atoms with E-state index in [9.17, 15) is 10.1 Å². The van der Waals surface area contributed by atoms with Crippen LogP contribution in [0, 0.1) is 10.1 Å². The van der Waals surface area contributed by atoms with Crippen LogP contribution in [0.4, 0.5) is 17.1 Å². The molecule has 1 saturated heterocycles. The maximum absolute atomic E-state index is 11.9. The first kappa shape index (κ1) is 37.1. The molecule has 0 amide bonds. The molecule has 0 unspecified atom stereocenters. The third kappa shape index (κ3) is 7.94. The van der Waals surface area contributed by atoms with Crippen molar-refractivity contribution in [2.75, 3.05) is 22.9 Å². The number of nitro benzene ring substituents is 1. The fourth-order valence-electron chi connectivity index (χ4n) is 6.10. The van der Waals surface area contributed by atoms with Crippen molar-refractivity contribution in [3.63, 3.8) is 0 Å². The Bertz CT molecular complexity index is 1590. The molecule has 0 saturated carbocycles. The molecule has 1 aliphatic heterocycles. The van der Waals surface area contributed by atoms with Gasteiger partial charge >= 0.3 is 302 Å². The van der Waals surface area contributed by atoms with Crippen molar-refractivity contribution < 1.29 is 16.5 Å². The fourth-order valence-corrected chi connectivity index (χ4v) is 17.1. The molecule has 1 fully saturated rings. The summed E-state index contributed by atoms with van der Waals surface area (Å²) in [6, 6.07) is 18.6. The predicted octanol–water partition coefficient (Wildman–Crippen LogP) is 11.0. The molecule has 1 aliphatic rings. The van der Waals surface area contributed by atoms with Crippen LogP contribution in [0.15, 0.2) is 54.6 Å². The molecular formula is C37H49I2N3O3Ru-4. The van der Waals surface area contributed by atoms with Crippen LogP contribution in [-0.2, 0) is 6.84 Å². The van der Waals surface area contributed by atoms with Gasteiger partial charge in [-0.3, -0.25) is 0 Å². The van der Waals surface area contributed by atoms with Crippen LogP contribution in [0.1, 0.15) is 121 Å². The van der Waals surface area contributed by atoms with Crippen LogP contribution >= 0.6 is 39.5 Å². The van der Waals surface area contributed by atoms with Crippen molar-refractivity contribution in [3.05, 3.63) is 92.5 Å². The number of ether oxygens (including phenoxy) is 1.